The minimum Gasteiger partial charge on any atom is -0.314 e. The first kappa shape index (κ1) is 15.1. The first-order valence-electron chi connectivity index (χ1n) is 8.89. The third kappa shape index (κ3) is 3.17. The maximum absolute atomic E-state index is 3.76. The Balaban J connectivity index is 1.72. The first-order valence-corrected chi connectivity index (χ1v) is 8.89. The highest BCUT2D eigenvalue weighted by Crippen LogP contribution is 2.42. The molecule has 2 aliphatic rings. The summed E-state index contributed by atoms with van der Waals surface area (Å²) in [5.41, 5.74) is 1.51. The van der Waals surface area contributed by atoms with Gasteiger partial charge in [-0.05, 0) is 50.6 Å². The third-order valence-corrected chi connectivity index (χ3v) is 5.40. The lowest BCUT2D eigenvalue weighted by Crippen LogP contribution is -2.50. The van der Waals surface area contributed by atoms with Crippen molar-refractivity contribution >= 4 is 0 Å². The molecular weight excluding hydrogens is 256 g/mol. The second-order valence-corrected chi connectivity index (χ2v) is 6.79. The average molecular weight is 286 g/mol. The number of nitrogens with zero attached hydrogens (tertiary/aromatic N) is 1. The summed E-state index contributed by atoms with van der Waals surface area (Å²) in [6, 6.07) is 14.1. The maximum Gasteiger partial charge on any atom is 0.0351 e. The second-order valence-electron chi connectivity index (χ2n) is 6.79. The highest BCUT2D eigenvalue weighted by atomic mass is 15.3. The summed E-state index contributed by atoms with van der Waals surface area (Å²) in [5, 5.41) is 3.76. The minimum absolute atomic E-state index is 0.621. The average Bonchev–Trinajstić information content (AvgIpc) is 2.78. The van der Waals surface area contributed by atoms with Crippen molar-refractivity contribution in [3.8, 4) is 0 Å². The van der Waals surface area contributed by atoms with Gasteiger partial charge in [0, 0.05) is 24.2 Å². The standard InChI is InChI=1S/C19H30N2/c1-3-12-20-16-13-17-10-11-18(14-16)21(17)19(4-2)15-8-6-5-7-9-15/h5-9,16-20H,3-4,10-14H2,1-2H3. The summed E-state index contributed by atoms with van der Waals surface area (Å²) >= 11 is 0. The van der Waals surface area contributed by atoms with E-state index < -0.39 is 0 Å². The number of benzene rings is 1. The van der Waals surface area contributed by atoms with Gasteiger partial charge >= 0.3 is 0 Å². The van der Waals surface area contributed by atoms with Gasteiger partial charge in [0.25, 0.3) is 0 Å². The van der Waals surface area contributed by atoms with Gasteiger partial charge in [-0.3, -0.25) is 4.90 Å². The molecule has 21 heavy (non-hydrogen) atoms. The first-order chi connectivity index (χ1) is 10.3. The predicted octanol–water partition coefficient (Wildman–Crippen LogP) is 4.13. The molecule has 1 N–H and O–H groups in total. The summed E-state index contributed by atoms with van der Waals surface area (Å²) < 4.78 is 0. The van der Waals surface area contributed by atoms with Crippen LogP contribution in [0.4, 0.5) is 0 Å². The Bertz CT molecular complexity index is 416. The lowest BCUT2D eigenvalue weighted by molar-refractivity contribution is 0.0670. The SMILES string of the molecule is CCCNC1CC2CCC(C1)N2C(CC)c1ccccc1. The largest absolute Gasteiger partial charge is 0.314 e. The fraction of sp³-hybridized carbons (Fsp3) is 0.684. The monoisotopic (exact) mass is 286 g/mol. The van der Waals surface area contributed by atoms with Crippen LogP contribution in [0.5, 0.6) is 0 Å². The zero-order valence-electron chi connectivity index (χ0n) is 13.6. The Morgan fingerprint density at radius 2 is 1.76 bits per heavy atom. The fourth-order valence-electron chi connectivity index (χ4n) is 4.53. The lowest BCUT2D eigenvalue weighted by Gasteiger charge is -2.44. The van der Waals surface area contributed by atoms with Gasteiger partial charge in [0.2, 0.25) is 0 Å². The molecule has 0 saturated carbocycles. The van der Waals surface area contributed by atoms with Gasteiger partial charge in [0.1, 0.15) is 0 Å². The molecule has 116 valence electrons. The van der Waals surface area contributed by atoms with Crippen molar-refractivity contribution in [2.75, 3.05) is 6.54 Å². The highest BCUT2D eigenvalue weighted by Gasteiger charge is 2.43. The molecule has 1 aromatic rings. The molecule has 2 heterocycles. The van der Waals surface area contributed by atoms with Crippen molar-refractivity contribution in [2.45, 2.75) is 76.5 Å². The van der Waals surface area contributed by atoms with Gasteiger partial charge in [-0.25, -0.2) is 0 Å². The van der Waals surface area contributed by atoms with Crippen LogP contribution in [0.1, 0.15) is 64.0 Å². The molecule has 2 aliphatic heterocycles. The molecule has 0 amide bonds. The van der Waals surface area contributed by atoms with E-state index >= 15 is 0 Å². The molecule has 0 aliphatic carbocycles. The molecule has 1 aromatic carbocycles. The summed E-state index contributed by atoms with van der Waals surface area (Å²) in [4.78, 5) is 2.86. The van der Waals surface area contributed by atoms with Crippen LogP contribution in [-0.4, -0.2) is 29.6 Å². The van der Waals surface area contributed by atoms with Crippen LogP contribution in [0.15, 0.2) is 30.3 Å². The van der Waals surface area contributed by atoms with Crippen LogP contribution in [0.3, 0.4) is 0 Å². The van der Waals surface area contributed by atoms with Crippen molar-refractivity contribution in [1.29, 1.82) is 0 Å². The lowest BCUT2D eigenvalue weighted by atomic mass is 9.92. The van der Waals surface area contributed by atoms with E-state index in [-0.39, 0.29) is 0 Å². The molecular formula is C19H30N2. The molecule has 2 nitrogen and oxygen atoms in total. The molecule has 3 unspecified atom stereocenters. The molecule has 3 atom stereocenters. The molecule has 2 bridgehead atoms. The van der Waals surface area contributed by atoms with Gasteiger partial charge in [0.15, 0.2) is 0 Å². The smallest absolute Gasteiger partial charge is 0.0351 e. The number of piperidine rings is 1. The van der Waals surface area contributed by atoms with E-state index in [1.54, 1.807) is 0 Å². The van der Waals surface area contributed by atoms with Gasteiger partial charge in [-0.15, -0.1) is 0 Å². The number of rotatable bonds is 6. The van der Waals surface area contributed by atoms with E-state index in [4.69, 9.17) is 0 Å². The van der Waals surface area contributed by atoms with Crippen LogP contribution in [-0.2, 0) is 0 Å². The van der Waals surface area contributed by atoms with Gasteiger partial charge in [-0.1, -0.05) is 44.2 Å². The maximum atomic E-state index is 3.76. The number of nitrogens with one attached hydrogen (secondary N) is 1. The molecule has 0 radical (unpaired) electrons. The van der Waals surface area contributed by atoms with Crippen LogP contribution in [0.2, 0.25) is 0 Å². The quantitative estimate of drug-likeness (QED) is 0.846. The molecule has 2 saturated heterocycles. The van der Waals surface area contributed by atoms with Crippen LogP contribution < -0.4 is 5.32 Å². The number of hydrogen-bond acceptors (Lipinski definition) is 2. The number of hydrogen-bond donors (Lipinski definition) is 1. The van der Waals surface area contributed by atoms with Crippen molar-refractivity contribution in [1.82, 2.24) is 10.2 Å². The molecule has 0 spiro atoms. The van der Waals surface area contributed by atoms with Crippen molar-refractivity contribution in [2.24, 2.45) is 0 Å². The summed E-state index contributed by atoms with van der Waals surface area (Å²) in [6.45, 7) is 5.79. The van der Waals surface area contributed by atoms with E-state index in [1.165, 1.54) is 50.6 Å². The van der Waals surface area contributed by atoms with Gasteiger partial charge in [-0.2, -0.15) is 0 Å². The topological polar surface area (TPSA) is 15.3 Å². The van der Waals surface area contributed by atoms with Gasteiger partial charge < -0.3 is 5.32 Å². The van der Waals surface area contributed by atoms with Crippen molar-refractivity contribution in [3.63, 3.8) is 0 Å². The number of fused-ring (bicyclic) bond motifs is 2. The third-order valence-electron chi connectivity index (χ3n) is 5.40. The summed E-state index contributed by atoms with van der Waals surface area (Å²) in [7, 11) is 0. The van der Waals surface area contributed by atoms with Crippen LogP contribution in [0, 0.1) is 0 Å². The zero-order valence-corrected chi connectivity index (χ0v) is 13.6. The Morgan fingerprint density at radius 1 is 1.10 bits per heavy atom. The van der Waals surface area contributed by atoms with Crippen molar-refractivity contribution in [3.05, 3.63) is 35.9 Å². The van der Waals surface area contributed by atoms with E-state index in [1.807, 2.05) is 0 Å². The fourth-order valence-corrected chi connectivity index (χ4v) is 4.53. The predicted molar refractivity (Wildman–Crippen MR) is 89.4 cm³/mol. The second kappa shape index (κ2) is 6.93. The normalized spacial score (nSPS) is 30.5. The Morgan fingerprint density at radius 3 is 2.33 bits per heavy atom. The van der Waals surface area contributed by atoms with E-state index in [9.17, 15) is 0 Å². The zero-order chi connectivity index (χ0) is 14.7. The molecule has 0 aromatic heterocycles. The van der Waals surface area contributed by atoms with Crippen molar-refractivity contribution < 1.29 is 0 Å². The van der Waals surface area contributed by atoms with Gasteiger partial charge in [0.05, 0.1) is 0 Å². The van der Waals surface area contributed by atoms with Crippen LogP contribution >= 0.6 is 0 Å². The van der Waals surface area contributed by atoms with E-state index in [2.05, 4.69) is 54.4 Å². The summed E-state index contributed by atoms with van der Waals surface area (Å²) in [6.07, 6.45) is 7.97. The molecule has 2 fully saturated rings. The minimum atomic E-state index is 0.621. The Hall–Kier alpha value is -0.860. The Labute approximate surface area is 129 Å². The molecule has 3 rings (SSSR count). The summed E-state index contributed by atoms with van der Waals surface area (Å²) in [5.74, 6) is 0. The van der Waals surface area contributed by atoms with E-state index in [0.29, 0.717) is 6.04 Å². The Kier molecular flexibility index (Phi) is 4.97. The molecule has 2 heteroatoms. The van der Waals surface area contributed by atoms with Crippen LogP contribution in [0.25, 0.3) is 0 Å². The highest BCUT2D eigenvalue weighted by molar-refractivity contribution is 5.20. The van der Waals surface area contributed by atoms with E-state index in [0.717, 1.165) is 18.1 Å².